The van der Waals surface area contributed by atoms with E-state index in [9.17, 15) is 14.7 Å². The van der Waals surface area contributed by atoms with E-state index < -0.39 is 18.0 Å². The average Bonchev–Trinajstić information content (AvgIpc) is 3.07. The summed E-state index contributed by atoms with van der Waals surface area (Å²) in [5.41, 5.74) is 0.463. The Bertz CT molecular complexity index is 945. The molecule has 1 aliphatic carbocycles. The summed E-state index contributed by atoms with van der Waals surface area (Å²) in [6.45, 7) is 0.290. The summed E-state index contributed by atoms with van der Waals surface area (Å²) in [5, 5.41) is 19.0. The number of aliphatic carboxylic acids is 1. The second kappa shape index (κ2) is 12.4. The highest BCUT2D eigenvalue weighted by Crippen LogP contribution is 2.39. The highest BCUT2D eigenvalue weighted by Gasteiger charge is 2.41. The van der Waals surface area contributed by atoms with E-state index in [1.807, 2.05) is 18.2 Å². The molecule has 0 radical (unpaired) electrons. The van der Waals surface area contributed by atoms with Crippen LogP contribution in [0.1, 0.15) is 42.5 Å². The molecule has 2 N–H and O–H groups in total. The van der Waals surface area contributed by atoms with Crippen LogP contribution in [0, 0.1) is 11.8 Å². The normalized spacial score (nSPS) is 22.4. The van der Waals surface area contributed by atoms with Crippen molar-refractivity contribution in [3.63, 3.8) is 0 Å². The van der Waals surface area contributed by atoms with Gasteiger partial charge < -0.3 is 19.7 Å². The summed E-state index contributed by atoms with van der Waals surface area (Å²) in [5.74, 6) is -0.396. The molecule has 0 aliphatic heterocycles. The number of rotatable bonds is 11. The summed E-state index contributed by atoms with van der Waals surface area (Å²) in [4.78, 5) is 22.9. The largest absolute Gasteiger partial charge is 0.493 e. The standard InChI is InChI=1S/C26H29ClO6/c27-23-16-24(28)22(21(23)13-6-1-2-7-14-25(29)30)17-32-19-11-8-12-20(15-19)33-26(31)18-9-4-3-5-10-18/h1,3-6,8-12,15,21-24,28H,2,7,13-14,16-17H2,(H,29,30)/b6-1-/t21-,22-,23-,24-/m1/s1. The molecule has 0 heterocycles. The minimum Gasteiger partial charge on any atom is -0.493 e. The minimum atomic E-state index is -0.792. The quantitative estimate of drug-likeness (QED) is 0.155. The molecular weight excluding hydrogens is 444 g/mol. The van der Waals surface area contributed by atoms with Gasteiger partial charge in [-0.2, -0.15) is 0 Å². The molecule has 0 spiro atoms. The van der Waals surface area contributed by atoms with Crippen LogP contribution in [0.4, 0.5) is 0 Å². The molecule has 1 aliphatic rings. The van der Waals surface area contributed by atoms with Crippen LogP contribution in [0.25, 0.3) is 0 Å². The van der Waals surface area contributed by atoms with E-state index >= 15 is 0 Å². The number of halogens is 1. The van der Waals surface area contributed by atoms with Gasteiger partial charge in [0.05, 0.1) is 18.3 Å². The van der Waals surface area contributed by atoms with Crippen LogP contribution in [-0.2, 0) is 4.79 Å². The highest BCUT2D eigenvalue weighted by molar-refractivity contribution is 6.21. The van der Waals surface area contributed by atoms with Crippen molar-refractivity contribution in [3.8, 4) is 11.5 Å². The molecule has 1 saturated carbocycles. The molecule has 7 heteroatoms. The molecule has 6 nitrogen and oxygen atoms in total. The minimum absolute atomic E-state index is 0.0523. The Kier molecular flexibility index (Phi) is 9.34. The number of carboxylic acid groups (broad SMARTS) is 1. The highest BCUT2D eigenvalue weighted by atomic mass is 35.5. The number of hydrogen-bond donors (Lipinski definition) is 2. The molecule has 0 amide bonds. The third-order valence-electron chi connectivity index (χ3n) is 5.78. The van der Waals surface area contributed by atoms with E-state index in [0.29, 0.717) is 42.7 Å². The molecule has 2 aromatic rings. The summed E-state index contributed by atoms with van der Waals surface area (Å²) in [6, 6.07) is 15.6. The van der Waals surface area contributed by atoms with Crippen molar-refractivity contribution in [2.45, 2.75) is 43.6 Å². The number of aliphatic hydroxyl groups excluding tert-OH is 1. The van der Waals surface area contributed by atoms with E-state index in [0.717, 1.165) is 0 Å². The number of carboxylic acids is 1. The van der Waals surface area contributed by atoms with Gasteiger partial charge in [-0.05, 0) is 55.9 Å². The molecule has 3 rings (SSSR count). The van der Waals surface area contributed by atoms with Crippen molar-refractivity contribution < 1.29 is 29.3 Å². The molecule has 0 aromatic heterocycles. The number of alkyl halides is 1. The number of unbranched alkanes of at least 4 members (excludes halogenated alkanes) is 1. The van der Waals surface area contributed by atoms with Gasteiger partial charge in [0, 0.05) is 23.8 Å². The molecule has 176 valence electrons. The SMILES string of the molecule is O=C(O)CCC/C=C\C[C@@H]1[C@@H](COc2cccc(OC(=O)c3ccccc3)c2)[C@H](O)C[C@H]1Cl. The molecule has 33 heavy (non-hydrogen) atoms. The van der Waals surface area contributed by atoms with Gasteiger partial charge in [0.2, 0.25) is 0 Å². The van der Waals surface area contributed by atoms with Crippen molar-refractivity contribution in [2.75, 3.05) is 6.61 Å². The van der Waals surface area contributed by atoms with E-state index in [2.05, 4.69) is 0 Å². The number of allylic oxidation sites excluding steroid dienone is 2. The van der Waals surface area contributed by atoms with Crippen LogP contribution >= 0.6 is 11.6 Å². The third kappa shape index (κ3) is 7.62. The smallest absolute Gasteiger partial charge is 0.343 e. The first-order valence-corrected chi connectivity index (χ1v) is 11.6. The second-order valence-electron chi connectivity index (χ2n) is 8.18. The van der Waals surface area contributed by atoms with Crippen LogP contribution in [0.5, 0.6) is 11.5 Å². The van der Waals surface area contributed by atoms with Crippen molar-refractivity contribution in [1.82, 2.24) is 0 Å². The van der Waals surface area contributed by atoms with Crippen molar-refractivity contribution in [2.24, 2.45) is 11.8 Å². The van der Waals surface area contributed by atoms with Gasteiger partial charge >= 0.3 is 11.9 Å². The maximum atomic E-state index is 12.3. The molecular formula is C26H29ClO6. The first-order valence-electron chi connectivity index (χ1n) is 11.1. The molecule has 0 unspecified atom stereocenters. The second-order valence-corrected chi connectivity index (χ2v) is 8.74. The lowest BCUT2D eigenvalue weighted by Crippen LogP contribution is -2.27. The number of carbonyl (C=O) groups excluding carboxylic acids is 1. The first kappa shape index (κ1) is 24.8. The Balaban J connectivity index is 1.54. The number of hydrogen-bond acceptors (Lipinski definition) is 5. The van der Waals surface area contributed by atoms with Crippen LogP contribution in [0.15, 0.2) is 66.7 Å². The van der Waals surface area contributed by atoms with Gasteiger partial charge in [-0.25, -0.2) is 4.79 Å². The summed E-state index contributed by atoms with van der Waals surface area (Å²) in [6.07, 6.45) is 6.07. The fourth-order valence-electron chi connectivity index (χ4n) is 3.99. The van der Waals surface area contributed by atoms with Gasteiger partial charge in [0.15, 0.2) is 0 Å². The Morgan fingerprint density at radius 2 is 1.79 bits per heavy atom. The predicted molar refractivity (Wildman–Crippen MR) is 126 cm³/mol. The lowest BCUT2D eigenvalue weighted by atomic mass is 9.92. The lowest BCUT2D eigenvalue weighted by Gasteiger charge is -2.22. The Hall–Kier alpha value is -2.83. The maximum absolute atomic E-state index is 12.3. The van der Waals surface area contributed by atoms with Gasteiger partial charge in [-0.3, -0.25) is 4.79 Å². The fraction of sp³-hybridized carbons (Fsp3) is 0.385. The van der Waals surface area contributed by atoms with Crippen LogP contribution < -0.4 is 9.47 Å². The Labute approximate surface area is 198 Å². The monoisotopic (exact) mass is 472 g/mol. The van der Waals surface area contributed by atoms with Crippen molar-refractivity contribution in [1.29, 1.82) is 0 Å². The Morgan fingerprint density at radius 3 is 2.55 bits per heavy atom. The van der Waals surface area contributed by atoms with Gasteiger partial charge in [-0.1, -0.05) is 36.4 Å². The van der Waals surface area contributed by atoms with Crippen molar-refractivity contribution in [3.05, 3.63) is 72.3 Å². The predicted octanol–water partition coefficient (Wildman–Crippen LogP) is 5.09. The molecule has 0 saturated heterocycles. The molecule has 4 atom stereocenters. The molecule has 2 aromatic carbocycles. The zero-order valence-corrected chi connectivity index (χ0v) is 19.1. The number of carbonyl (C=O) groups is 2. The number of benzene rings is 2. The topological polar surface area (TPSA) is 93.1 Å². The van der Waals surface area contributed by atoms with Crippen molar-refractivity contribution >= 4 is 23.5 Å². The lowest BCUT2D eigenvalue weighted by molar-refractivity contribution is -0.137. The zero-order chi connectivity index (χ0) is 23.6. The van der Waals surface area contributed by atoms with E-state index in [1.165, 1.54) is 0 Å². The summed E-state index contributed by atoms with van der Waals surface area (Å²) >= 11 is 6.49. The molecule has 1 fully saturated rings. The van der Waals surface area contributed by atoms with Crippen LogP contribution in [0.2, 0.25) is 0 Å². The van der Waals surface area contributed by atoms with Gasteiger partial charge in [-0.15, -0.1) is 11.6 Å². The summed E-state index contributed by atoms with van der Waals surface area (Å²) in [7, 11) is 0. The van der Waals surface area contributed by atoms with E-state index in [-0.39, 0.29) is 30.2 Å². The van der Waals surface area contributed by atoms with E-state index in [1.54, 1.807) is 48.5 Å². The molecule has 0 bridgehead atoms. The van der Waals surface area contributed by atoms with E-state index in [4.69, 9.17) is 26.2 Å². The summed E-state index contributed by atoms with van der Waals surface area (Å²) < 4.78 is 11.4. The van der Waals surface area contributed by atoms with Crippen LogP contribution in [0.3, 0.4) is 0 Å². The number of esters is 1. The Morgan fingerprint density at radius 1 is 1.03 bits per heavy atom. The average molecular weight is 473 g/mol. The zero-order valence-electron chi connectivity index (χ0n) is 18.3. The van der Waals surface area contributed by atoms with Crippen LogP contribution in [-0.4, -0.2) is 40.2 Å². The van der Waals surface area contributed by atoms with Gasteiger partial charge in [0.25, 0.3) is 0 Å². The number of ether oxygens (including phenoxy) is 2. The number of aliphatic hydroxyl groups is 1. The first-order chi connectivity index (χ1) is 15.9. The fourth-order valence-corrected chi connectivity index (χ4v) is 4.47. The maximum Gasteiger partial charge on any atom is 0.343 e. The third-order valence-corrected chi connectivity index (χ3v) is 6.28. The van der Waals surface area contributed by atoms with Gasteiger partial charge in [0.1, 0.15) is 11.5 Å².